The molecular weight excluding hydrogens is 601 g/mol. The molecule has 0 atom stereocenters. The largest absolute Gasteiger partial charge is 0.416 e. The van der Waals surface area contributed by atoms with Crippen LogP contribution in [-0.4, -0.2) is 10.2 Å². The van der Waals surface area contributed by atoms with Crippen molar-refractivity contribution >= 4 is 34.1 Å². The molecule has 0 aliphatic carbocycles. The van der Waals surface area contributed by atoms with E-state index >= 15 is 0 Å². The van der Waals surface area contributed by atoms with E-state index in [1.54, 1.807) is 0 Å². The maximum atomic E-state index is 6.07. The van der Waals surface area contributed by atoms with Crippen LogP contribution in [0.2, 0.25) is 0 Å². The van der Waals surface area contributed by atoms with Crippen LogP contribution in [0.5, 0.6) is 0 Å². The lowest BCUT2D eigenvalue weighted by molar-refractivity contribution is 0.584. The van der Waals surface area contributed by atoms with Crippen LogP contribution in [0.1, 0.15) is 0 Å². The molecule has 0 radical (unpaired) electrons. The minimum absolute atomic E-state index is 0.480. The topological polar surface area (TPSA) is 45.4 Å². The summed E-state index contributed by atoms with van der Waals surface area (Å²) in [5, 5.41) is 8.64. The Morgan fingerprint density at radius 2 is 0.673 bits per heavy atom. The first-order chi connectivity index (χ1) is 24.3. The van der Waals surface area contributed by atoms with E-state index in [1.807, 2.05) is 60.7 Å². The molecule has 1 aromatic heterocycles. The van der Waals surface area contributed by atoms with Crippen molar-refractivity contribution in [1.29, 1.82) is 0 Å². The average molecular weight is 633 g/mol. The third kappa shape index (κ3) is 6.21. The summed E-state index contributed by atoms with van der Waals surface area (Å²) in [5.74, 6) is 0.978. The van der Waals surface area contributed by atoms with Gasteiger partial charge in [-0.2, -0.15) is 0 Å². The summed E-state index contributed by atoms with van der Waals surface area (Å²) in [7, 11) is 0. The highest BCUT2D eigenvalue weighted by Gasteiger charge is 2.19. The van der Waals surface area contributed by atoms with Crippen molar-refractivity contribution in [1.82, 2.24) is 10.2 Å². The molecule has 7 aromatic carbocycles. The molecule has 0 saturated heterocycles. The predicted molar refractivity (Wildman–Crippen MR) is 200 cm³/mol. The van der Waals surface area contributed by atoms with Gasteiger partial charge < -0.3 is 14.2 Å². The van der Waals surface area contributed by atoms with Crippen molar-refractivity contribution in [2.75, 3.05) is 9.80 Å². The van der Waals surface area contributed by atoms with Crippen molar-refractivity contribution in [2.45, 2.75) is 0 Å². The second-order valence-electron chi connectivity index (χ2n) is 11.6. The van der Waals surface area contributed by atoms with Crippen LogP contribution in [0.3, 0.4) is 0 Å². The lowest BCUT2D eigenvalue weighted by Gasteiger charge is -2.29. The van der Waals surface area contributed by atoms with Gasteiger partial charge in [-0.3, -0.25) is 0 Å². The summed E-state index contributed by atoms with van der Waals surface area (Å²) in [5.41, 5.74) is 10.4. The maximum Gasteiger partial charge on any atom is 0.248 e. The van der Waals surface area contributed by atoms with Gasteiger partial charge in [0.05, 0.1) is 5.69 Å². The second kappa shape index (κ2) is 13.6. The van der Waals surface area contributed by atoms with Crippen molar-refractivity contribution in [3.63, 3.8) is 0 Å². The monoisotopic (exact) mass is 632 g/mol. The molecule has 0 aliphatic rings. The second-order valence-corrected chi connectivity index (χ2v) is 11.6. The summed E-state index contributed by atoms with van der Waals surface area (Å²) >= 11 is 0. The van der Waals surface area contributed by atoms with Crippen LogP contribution in [0.4, 0.5) is 34.1 Å². The Morgan fingerprint density at radius 1 is 0.306 bits per heavy atom. The van der Waals surface area contributed by atoms with Crippen molar-refractivity contribution in [3.8, 4) is 34.0 Å². The zero-order valence-electron chi connectivity index (χ0n) is 26.7. The molecule has 0 unspecified atom stereocenters. The van der Waals surface area contributed by atoms with Gasteiger partial charge >= 0.3 is 0 Å². The van der Waals surface area contributed by atoms with Gasteiger partial charge in [-0.15, -0.1) is 10.2 Å². The maximum absolute atomic E-state index is 6.07. The number of aromatic nitrogens is 2. The highest BCUT2D eigenvalue weighted by Crippen LogP contribution is 2.43. The van der Waals surface area contributed by atoms with Gasteiger partial charge in [0.2, 0.25) is 11.8 Å². The Morgan fingerprint density at radius 3 is 1.20 bits per heavy atom. The van der Waals surface area contributed by atoms with Gasteiger partial charge in [-0.1, -0.05) is 103 Å². The Hall–Kier alpha value is -6.72. The van der Waals surface area contributed by atoms with Crippen molar-refractivity contribution < 1.29 is 4.42 Å². The fourth-order valence-electron chi connectivity index (χ4n) is 6.10. The lowest BCUT2D eigenvalue weighted by atomic mass is 10.0. The van der Waals surface area contributed by atoms with Crippen LogP contribution in [0.25, 0.3) is 34.0 Å². The van der Waals surface area contributed by atoms with Crippen LogP contribution in [0.15, 0.2) is 199 Å². The molecule has 0 spiro atoms. The van der Waals surface area contributed by atoms with E-state index in [9.17, 15) is 0 Å². The van der Waals surface area contributed by atoms with Gasteiger partial charge in [-0.05, 0) is 96.6 Å². The van der Waals surface area contributed by atoms with Gasteiger partial charge in [0, 0.05) is 45.1 Å². The molecule has 0 bridgehead atoms. The molecule has 8 rings (SSSR count). The normalized spacial score (nSPS) is 10.9. The standard InChI is InChI=1S/C44H32N4O/c1-5-15-33(16-6-1)41-23-13-14-24-42(41)48(39-27-25-35(26-28-39)44-46-45-43(49-44)34-17-7-2-8-18-34)40-31-29-38(30-32-40)47(36-19-9-3-10-20-36)37-21-11-4-12-22-37/h1-32H. The van der Waals surface area contributed by atoms with Gasteiger partial charge in [0.25, 0.3) is 0 Å². The summed E-state index contributed by atoms with van der Waals surface area (Å²) in [6.07, 6.45) is 0. The first kappa shape index (κ1) is 29.7. The van der Waals surface area contributed by atoms with E-state index < -0.39 is 0 Å². The summed E-state index contributed by atoms with van der Waals surface area (Å²) in [4.78, 5) is 4.57. The van der Waals surface area contributed by atoms with E-state index in [0.717, 1.165) is 56.4 Å². The van der Waals surface area contributed by atoms with E-state index in [1.165, 1.54) is 0 Å². The summed E-state index contributed by atoms with van der Waals surface area (Å²) in [6.45, 7) is 0. The van der Waals surface area contributed by atoms with Gasteiger partial charge in [0.1, 0.15) is 0 Å². The molecule has 5 heteroatoms. The van der Waals surface area contributed by atoms with Gasteiger partial charge in [-0.25, -0.2) is 0 Å². The smallest absolute Gasteiger partial charge is 0.248 e. The lowest BCUT2D eigenvalue weighted by Crippen LogP contribution is -2.12. The molecule has 49 heavy (non-hydrogen) atoms. The number of nitrogens with zero attached hydrogens (tertiary/aromatic N) is 4. The Balaban J connectivity index is 1.20. The molecule has 234 valence electrons. The van der Waals surface area contributed by atoms with Crippen molar-refractivity contribution in [2.24, 2.45) is 0 Å². The minimum Gasteiger partial charge on any atom is -0.416 e. The molecular formula is C44H32N4O. The average Bonchev–Trinajstić information content (AvgIpc) is 3.69. The Kier molecular flexibility index (Phi) is 8.21. The fraction of sp³-hybridized carbons (Fsp3) is 0. The van der Waals surface area contributed by atoms with Gasteiger partial charge in [0.15, 0.2) is 0 Å². The number of hydrogen-bond donors (Lipinski definition) is 0. The van der Waals surface area contributed by atoms with Crippen LogP contribution in [-0.2, 0) is 0 Å². The summed E-state index contributed by atoms with van der Waals surface area (Å²) < 4.78 is 6.07. The fourth-order valence-corrected chi connectivity index (χ4v) is 6.10. The highest BCUT2D eigenvalue weighted by atomic mass is 16.4. The molecule has 0 fully saturated rings. The third-order valence-corrected chi connectivity index (χ3v) is 8.44. The van der Waals surface area contributed by atoms with Crippen molar-refractivity contribution in [3.05, 3.63) is 194 Å². The molecule has 0 aliphatic heterocycles. The predicted octanol–water partition coefficient (Wildman–Crippen LogP) is 12.0. The van der Waals surface area contributed by atoms with E-state index in [2.05, 4.69) is 153 Å². The molecule has 1 heterocycles. The minimum atomic E-state index is 0.480. The zero-order chi connectivity index (χ0) is 32.8. The number of benzene rings is 7. The zero-order valence-corrected chi connectivity index (χ0v) is 26.7. The first-order valence-electron chi connectivity index (χ1n) is 16.3. The molecule has 5 nitrogen and oxygen atoms in total. The van der Waals surface area contributed by atoms with Crippen LogP contribution in [0, 0.1) is 0 Å². The van der Waals surface area contributed by atoms with E-state index in [0.29, 0.717) is 11.8 Å². The summed E-state index contributed by atoms with van der Waals surface area (Å²) in [6, 6.07) is 66.8. The first-order valence-corrected chi connectivity index (χ1v) is 16.3. The number of anilines is 6. The molecule has 0 saturated carbocycles. The Bertz CT molecular complexity index is 2210. The van der Waals surface area contributed by atoms with E-state index in [4.69, 9.17) is 4.42 Å². The molecule has 0 amide bonds. The highest BCUT2D eigenvalue weighted by molar-refractivity contribution is 5.89. The third-order valence-electron chi connectivity index (χ3n) is 8.44. The number of para-hydroxylation sites is 3. The van der Waals surface area contributed by atoms with E-state index in [-0.39, 0.29) is 0 Å². The molecule has 8 aromatic rings. The van der Waals surface area contributed by atoms with Crippen LogP contribution >= 0.6 is 0 Å². The SMILES string of the molecule is c1ccc(-c2nnc(-c3ccc(N(c4ccc(N(c5ccccc5)c5ccccc5)cc4)c4ccccc4-c4ccccc4)cc3)o2)cc1. The number of rotatable bonds is 9. The Labute approximate surface area is 286 Å². The number of hydrogen-bond acceptors (Lipinski definition) is 5. The molecule has 0 N–H and O–H groups in total. The quantitative estimate of drug-likeness (QED) is 0.158. The van der Waals surface area contributed by atoms with Crippen LogP contribution < -0.4 is 9.80 Å².